The van der Waals surface area contributed by atoms with Crippen molar-refractivity contribution in [3.8, 4) is 0 Å². The first-order valence-electron chi connectivity index (χ1n) is 11.4. The van der Waals surface area contributed by atoms with E-state index in [0.717, 1.165) is 32.1 Å². The van der Waals surface area contributed by atoms with Gasteiger partial charge in [-0.15, -0.1) is 0 Å². The van der Waals surface area contributed by atoms with E-state index in [0.29, 0.717) is 55.2 Å². The van der Waals surface area contributed by atoms with Crippen molar-refractivity contribution in [2.45, 2.75) is 76.6 Å². The zero-order chi connectivity index (χ0) is 20.1. The molecule has 160 valence electrons. The third-order valence-electron chi connectivity index (χ3n) is 10.2. The van der Waals surface area contributed by atoms with Gasteiger partial charge in [-0.05, 0) is 55.3 Å². The number of rotatable bonds is 0. The van der Waals surface area contributed by atoms with Gasteiger partial charge in [0.15, 0.2) is 13.6 Å². The van der Waals surface area contributed by atoms with E-state index in [9.17, 15) is 9.59 Å². The molecule has 6 aliphatic rings. The number of ketones is 2. The van der Waals surface area contributed by atoms with E-state index >= 15 is 0 Å². The Labute approximate surface area is 172 Å². The second-order valence-corrected chi connectivity index (χ2v) is 11.0. The van der Waals surface area contributed by atoms with Gasteiger partial charge >= 0.3 is 0 Å². The Morgan fingerprint density at radius 2 is 1.79 bits per heavy atom. The lowest BCUT2D eigenvalue weighted by Crippen LogP contribution is -2.66. The molecule has 8 atom stereocenters. The van der Waals surface area contributed by atoms with Crippen LogP contribution in [0.4, 0.5) is 0 Å². The van der Waals surface area contributed by atoms with Crippen LogP contribution in [0.25, 0.3) is 0 Å². The normalized spacial score (nSPS) is 56.6. The highest BCUT2D eigenvalue weighted by atomic mass is 16.9. The summed E-state index contributed by atoms with van der Waals surface area (Å²) in [6.45, 7) is 5.35. The lowest BCUT2D eigenvalue weighted by molar-refractivity contribution is -0.247. The summed E-state index contributed by atoms with van der Waals surface area (Å²) in [6.07, 6.45) is 6.71. The van der Waals surface area contributed by atoms with Gasteiger partial charge in [0, 0.05) is 30.6 Å². The average molecular weight is 405 g/mol. The third kappa shape index (κ3) is 2.12. The van der Waals surface area contributed by atoms with E-state index in [1.54, 1.807) is 0 Å². The first-order valence-corrected chi connectivity index (χ1v) is 11.4. The van der Waals surface area contributed by atoms with Crippen molar-refractivity contribution in [1.82, 2.24) is 0 Å². The molecule has 0 N–H and O–H groups in total. The topological polar surface area (TPSA) is 71.1 Å². The molecular formula is C23H32O6. The van der Waals surface area contributed by atoms with Crippen LogP contribution in [-0.2, 0) is 28.5 Å². The van der Waals surface area contributed by atoms with Gasteiger partial charge in [0.05, 0.1) is 0 Å². The van der Waals surface area contributed by atoms with Gasteiger partial charge in [0.1, 0.15) is 23.8 Å². The highest BCUT2D eigenvalue weighted by Gasteiger charge is 2.77. The fourth-order valence-corrected chi connectivity index (χ4v) is 8.83. The monoisotopic (exact) mass is 404 g/mol. The molecule has 6 nitrogen and oxygen atoms in total. The second-order valence-electron chi connectivity index (χ2n) is 11.0. The van der Waals surface area contributed by atoms with E-state index in [-0.39, 0.29) is 30.3 Å². The number of Topliss-reactive ketones (excluding diaryl/α,β-unsaturated/α-hetero) is 2. The number of hydrogen-bond acceptors (Lipinski definition) is 6. The Bertz CT molecular complexity index is 753. The summed E-state index contributed by atoms with van der Waals surface area (Å²) in [6, 6.07) is 0. The Kier molecular flexibility index (Phi) is 3.85. The molecular weight excluding hydrogens is 372 g/mol. The standard InChI is InChI=1S/C23H32O6/c1-20-7-5-15(24)9-14(20)3-4-16-17-6-8-22(21(17,2)10-18(25)19(16)20)23(29-13-27-22)11-26-12-28-23/h14,16-17,19H,3-13H2,1-2H3/t14?,16-,17?,19-,20-,21-,22+,23?/m0/s1. The molecule has 3 unspecified atom stereocenters. The zero-order valence-corrected chi connectivity index (χ0v) is 17.5. The second kappa shape index (κ2) is 5.90. The molecule has 0 aromatic carbocycles. The van der Waals surface area contributed by atoms with Gasteiger partial charge in [-0.2, -0.15) is 0 Å². The van der Waals surface area contributed by atoms with Crippen LogP contribution in [0.1, 0.15) is 65.2 Å². The van der Waals surface area contributed by atoms with Gasteiger partial charge in [0.25, 0.3) is 0 Å². The quantitative estimate of drug-likeness (QED) is 0.617. The lowest BCUT2D eigenvalue weighted by atomic mass is 9.43. The largest absolute Gasteiger partial charge is 0.350 e. The molecule has 0 bridgehead atoms. The molecule has 6 rings (SSSR count). The Morgan fingerprint density at radius 3 is 2.59 bits per heavy atom. The summed E-state index contributed by atoms with van der Waals surface area (Å²) in [4.78, 5) is 25.9. The van der Waals surface area contributed by atoms with Gasteiger partial charge in [-0.3, -0.25) is 9.59 Å². The minimum Gasteiger partial charge on any atom is -0.350 e. The fraction of sp³-hybridized carbons (Fsp3) is 0.913. The Hall–Kier alpha value is -0.820. The minimum absolute atomic E-state index is 0.0251. The molecule has 0 amide bonds. The van der Waals surface area contributed by atoms with Crippen LogP contribution in [0.3, 0.4) is 0 Å². The summed E-state index contributed by atoms with van der Waals surface area (Å²) >= 11 is 0. The van der Waals surface area contributed by atoms with Crippen molar-refractivity contribution in [3.05, 3.63) is 0 Å². The molecule has 6 heteroatoms. The molecule has 2 saturated heterocycles. The summed E-state index contributed by atoms with van der Waals surface area (Å²) in [5.41, 5.74) is -0.937. The van der Waals surface area contributed by atoms with Crippen LogP contribution in [0.15, 0.2) is 0 Å². The van der Waals surface area contributed by atoms with Gasteiger partial charge in [-0.1, -0.05) is 13.8 Å². The van der Waals surface area contributed by atoms with E-state index in [1.807, 2.05) is 0 Å². The first kappa shape index (κ1) is 18.9. The maximum atomic E-state index is 13.8. The van der Waals surface area contributed by atoms with E-state index in [1.165, 1.54) is 0 Å². The Balaban J connectivity index is 1.39. The predicted molar refractivity (Wildman–Crippen MR) is 102 cm³/mol. The van der Waals surface area contributed by atoms with Gasteiger partial charge in [-0.25, -0.2) is 0 Å². The van der Waals surface area contributed by atoms with Crippen molar-refractivity contribution in [1.29, 1.82) is 0 Å². The van der Waals surface area contributed by atoms with Crippen molar-refractivity contribution in [3.63, 3.8) is 0 Å². The highest BCUT2D eigenvalue weighted by molar-refractivity contribution is 5.86. The molecule has 0 aromatic heterocycles. The van der Waals surface area contributed by atoms with Crippen LogP contribution >= 0.6 is 0 Å². The maximum absolute atomic E-state index is 13.8. The van der Waals surface area contributed by atoms with Crippen LogP contribution in [0, 0.1) is 34.5 Å². The lowest BCUT2D eigenvalue weighted by Gasteiger charge is -2.60. The summed E-state index contributed by atoms with van der Waals surface area (Å²) < 4.78 is 24.0. The zero-order valence-electron chi connectivity index (χ0n) is 17.5. The van der Waals surface area contributed by atoms with Crippen molar-refractivity contribution in [2.75, 3.05) is 20.2 Å². The maximum Gasteiger partial charge on any atom is 0.226 e. The molecule has 2 heterocycles. The molecule has 0 radical (unpaired) electrons. The van der Waals surface area contributed by atoms with Crippen molar-refractivity contribution >= 4 is 11.6 Å². The van der Waals surface area contributed by atoms with Gasteiger partial charge < -0.3 is 18.9 Å². The fourth-order valence-electron chi connectivity index (χ4n) is 8.83. The van der Waals surface area contributed by atoms with Crippen LogP contribution in [-0.4, -0.2) is 43.1 Å². The number of ether oxygens (including phenoxy) is 4. The molecule has 6 fully saturated rings. The van der Waals surface area contributed by atoms with Crippen molar-refractivity contribution in [2.24, 2.45) is 34.5 Å². The summed E-state index contributed by atoms with van der Waals surface area (Å²) in [5.74, 6) is 1.14. The van der Waals surface area contributed by atoms with E-state index < -0.39 is 11.4 Å². The van der Waals surface area contributed by atoms with Crippen LogP contribution < -0.4 is 0 Å². The van der Waals surface area contributed by atoms with E-state index in [4.69, 9.17) is 18.9 Å². The SMILES string of the molecule is C[C@]12CCC(=O)CC1CC[C@H]1C3CC[C@@]4(OCOC45COCO5)[C@@]3(C)CC(=O)[C@H]12. The van der Waals surface area contributed by atoms with Crippen molar-refractivity contribution < 1.29 is 28.5 Å². The Morgan fingerprint density at radius 1 is 0.966 bits per heavy atom. The summed E-state index contributed by atoms with van der Waals surface area (Å²) in [5, 5.41) is 0. The average Bonchev–Trinajstić information content (AvgIpc) is 3.37. The molecule has 29 heavy (non-hydrogen) atoms. The number of fused-ring (bicyclic) bond motifs is 7. The molecule has 4 saturated carbocycles. The number of carbonyl (C=O) groups is 2. The molecule has 4 aliphatic carbocycles. The van der Waals surface area contributed by atoms with Gasteiger partial charge in [0.2, 0.25) is 5.79 Å². The smallest absolute Gasteiger partial charge is 0.226 e. The van der Waals surface area contributed by atoms with E-state index in [2.05, 4.69) is 13.8 Å². The number of hydrogen-bond donors (Lipinski definition) is 0. The predicted octanol–water partition coefficient (Wildman–Crippen LogP) is 3.22. The van der Waals surface area contributed by atoms with Crippen LogP contribution in [0.5, 0.6) is 0 Å². The first-order chi connectivity index (χ1) is 13.9. The summed E-state index contributed by atoms with van der Waals surface area (Å²) in [7, 11) is 0. The molecule has 2 spiro atoms. The molecule has 0 aromatic rings. The highest BCUT2D eigenvalue weighted by Crippen LogP contribution is 2.71. The molecule has 2 aliphatic heterocycles. The van der Waals surface area contributed by atoms with Crippen LogP contribution in [0.2, 0.25) is 0 Å². The third-order valence-corrected chi connectivity index (χ3v) is 10.2. The minimum atomic E-state index is -0.873. The number of carbonyl (C=O) groups excluding carboxylic acids is 2.